The van der Waals surface area contributed by atoms with Crippen LogP contribution in [0.15, 0.2) is 35.4 Å². The lowest BCUT2D eigenvalue weighted by molar-refractivity contribution is 0.456. The Morgan fingerprint density at radius 3 is 2.75 bits per heavy atom. The zero-order valence-corrected chi connectivity index (χ0v) is 9.81. The minimum absolute atomic E-state index is 0.0496. The van der Waals surface area contributed by atoms with Gasteiger partial charge in [-0.1, -0.05) is 29.5 Å². The molecule has 3 N–H and O–H groups in total. The Kier molecular flexibility index (Phi) is 3.33. The van der Waals surface area contributed by atoms with E-state index in [1.54, 1.807) is 0 Å². The van der Waals surface area contributed by atoms with Crippen LogP contribution in [0.3, 0.4) is 0 Å². The Hall–Kier alpha value is -1.66. The Bertz CT molecular complexity index is 545. The smallest absolute Gasteiger partial charge is 0.209 e. The first-order valence-electron chi connectivity index (χ1n) is 4.52. The summed E-state index contributed by atoms with van der Waals surface area (Å²) in [7, 11) is 0. The standard InChI is InChI=1S/C10H9N3OS2/c14-9-8(16-10(15)12-9)6-11-13-7-4-2-1-3-5-7/h1-6,13-14H,(H,12,15). The number of hydrogen-bond donors (Lipinski definition) is 3. The number of aromatic nitrogens is 1. The Balaban J connectivity index is 2.06. The number of H-pyrrole nitrogens is 1. The van der Waals surface area contributed by atoms with Gasteiger partial charge in [0.25, 0.3) is 0 Å². The first kappa shape index (κ1) is 10.8. The van der Waals surface area contributed by atoms with Crippen LogP contribution in [-0.2, 0) is 0 Å². The van der Waals surface area contributed by atoms with Crippen molar-refractivity contribution < 1.29 is 5.11 Å². The average Bonchev–Trinajstić information content (AvgIpc) is 2.59. The van der Waals surface area contributed by atoms with Gasteiger partial charge in [-0.2, -0.15) is 5.10 Å². The molecule has 1 aromatic carbocycles. The third kappa shape index (κ3) is 2.68. The van der Waals surface area contributed by atoms with Gasteiger partial charge in [0.1, 0.15) is 4.88 Å². The van der Waals surface area contributed by atoms with E-state index in [0.29, 0.717) is 8.83 Å². The molecule has 82 valence electrons. The van der Waals surface area contributed by atoms with E-state index in [4.69, 9.17) is 12.2 Å². The number of rotatable bonds is 3. The van der Waals surface area contributed by atoms with Gasteiger partial charge in [0.2, 0.25) is 5.88 Å². The quantitative estimate of drug-likeness (QED) is 0.446. The van der Waals surface area contributed by atoms with Gasteiger partial charge in [0.05, 0.1) is 11.9 Å². The van der Waals surface area contributed by atoms with E-state index in [1.807, 2.05) is 30.3 Å². The number of benzene rings is 1. The number of thiazole rings is 1. The third-order valence-corrected chi connectivity index (χ3v) is 2.96. The summed E-state index contributed by atoms with van der Waals surface area (Å²) >= 11 is 6.15. The van der Waals surface area contributed by atoms with E-state index < -0.39 is 0 Å². The van der Waals surface area contributed by atoms with Crippen LogP contribution in [0.1, 0.15) is 4.88 Å². The molecule has 16 heavy (non-hydrogen) atoms. The highest BCUT2D eigenvalue weighted by molar-refractivity contribution is 7.73. The van der Waals surface area contributed by atoms with Crippen LogP contribution in [0, 0.1) is 3.95 Å². The second-order valence-electron chi connectivity index (χ2n) is 2.96. The Morgan fingerprint density at radius 1 is 1.38 bits per heavy atom. The predicted octanol–water partition coefficient (Wildman–Crippen LogP) is 2.96. The van der Waals surface area contributed by atoms with Crippen molar-refractivity contribution in [2.24, 2.45) is 5.10 Å². The molecule has 0 unspecified atom stereocenters. The maximum Gasteiger partial charge on any atom is 0.209 e. The summed E-state index contributed by atoms with van der Waals surface area (Å²) < 4.78 is 0.527. The molecular weight excluding hydrogens is 242 g/mol. The van der Waals surface area contributed by atoms with Crippen molar-refractivity contribution in [1.29, 1.82) is 0 Å². The summed E-state index contributed by atoms with van der Waals surface area (Å²) in [5.41, 5.74) is 3.73. The molecule has 0 aliphatic heterocycles. The highest BCUT2D eigenvalue weighted by Gasteiger charge is 2.00. The topological polar surface area (TPSA) is 60.4 Å². The summed E-state index contributed by atoms with van der Waals surface area (Å²) in [5.74, 6) is 0.0496. The molecule has 0 spiro atoms. The molecule has 0 radical (unpaired) electrons. The highest BCUT2D eigenvalue weighted by atomic mass is 32.1. The second kappa shape index (κ2) is 4.91. The number of hydrogen-bond acceptors (Lipinski definition) is 5. The lowest BCUT2D eigenvalue weighted by Gasteiger charge is -1.97. The van der Waals surface area contributed by atoms with Gasteiger partial charge in [0, 0.05) is 0 Å². The minimum atomic E-state index is 0.0496. The molecule has 2 aromatic rings. The number of anilines is 1. The molecule has 0 amide bonds. The maximum absolute atomic E-state index is 9.40. The van der Waals surface area contributed by atoms with Crippen LogP contribution in [0.5, 0.6) is 5.88 Å². The molecule has 0 saturated carbocycles. The number of para-hydroxylation sites is 1. The number of nitrogens with one attached hydrogen (secondary N) is 2. The molecule has 0 atom stereocenters. The van der Waals surface area contributed by atoms with E-state index in [1.165, 1.54) is 17.6 Å². The molecule has 6 heteroatoms. The average molecular weight is 251 g/mol. The van der Waals surface area contributed by atoms with E-state index in [9.17, 15) is 5.11 Å². The molecule has 0 fully saturated rings. The monoisotopic (exact) mass is 251 g/mol. The van der Waals surface area contributed by atoms with Gasteiger partial charge in [-0.05, 0) is 24.4 Å². The van der Waals surface area contributed by atoms with Crippen molar-refractivity contribution in [1.82, 2.24) is 4.98 Å². The summed E-state index contributed by atoms with van der Waals surface area (Å²) in [6.45, 7) is 0. The van der Waals surface area contributed by atoms with Crippen LogP contribution in [0.4, 0.5) is 5.69 Å². The van der Waals surface area contributed by atoms with Gasteiger partial charge in [-0.25, -0.2) is 0 Å². The van der Waals surface area contributed by atoms with Gasteiger partial charge in [-0.15, -0.1) is 0 Å². The van der Waals surface area contributed by atoms with Crippen molar-refractivity contribution >= 4 is 35.5 Å². The summed E-state index contributed by atoms with van der Waals surface area (Å²) in [4.78, 5) is 3.23. The normalized spacial score (nSPS) is 10.8. The van der Waals surface area contributed by atoms with Crippen LogP contribution in [-0.4, -0.2) is 16.3 Å². The molecule has 1 aromatic heterocycles. The van der Waals surface area contributed by atoms with Gasteiger partial charge in [-0.3, -0.25) is 5.43 Å². The fourth-order valence-corrected chi connectivity index (χ4v) is 2.06. The maximum atomic E-state index is 9.40. The highest BCUT2D eigenvalue weighted by Crippen LogP contribution is 2.18. The van der Waals surface area contributed by atoms with Crippen molar-refractivity contribution in [3.05, 3.63) is 39.2 Å². The van der Waals surface area contributed by atoms with Gasteiger partial charge in [0.15, 0.2) is 3.95 Å². The largest absolute Gasteiger partial charge is 0.494 e. The van der Waals surface area contributed by atoms with Crippen molar-refractivity contribution in [3.8, 4) is 5.88 Å². The zero-order chi connectivity index (χ0) is 11.4. The van der Waals surface area contributed by atoms with Crippen LogP contribution >= 0.6 is 23.6 Å². The molecule has 0 aliphatic rings. The lowest BCUT2D eigenvalue weighted by atomic mass is 10.3. The van der Waals surface area contributed by atoms with Crippen LogP contribution < -0.4 is 5.43 Å². The van der Waals surface area contributed by atoms with Crippen molar-refractivity contribution in [2.45, 2.75) is 0 Å². The molecule has 0 bridgehead atoms. The van der Waals surface area contributed by atoms with Gasteiger partial charge < -0.3 is 10.1 Å². The minimum Gasteiger partial charge on any atom is -0.494 e. The zero-order valence-electron chi connectivity index (χ0n) is 8.18. The first-order chi connectivity index (χ1) is 7.75. The summed E-state index contributed by atoms with van der Waals surface area (Å²) in [6.07, 6.45) is 1.53. The van der Waals surface area contributed by atoms with E-state index in [-0.39, 0.29) is 5.88 Å². The molecule has 2 rings (SSSR count). The van der Waals surface area contributed by atoms with Crippen LogP contribution in [0.25, 0.3) is 0 Å². The van der Waals surface area contributed by atoms with Crippen molar-refractivity contribution in [2.75, 3.05) is 5.43 Å². The first-order valence-corrected chi connectivity index (χ1v) is 5.74. The number of aromatic hydroxyl groups is 1. The number of nitrogens with zero attached hydrogens (tertiary/aromatic N) is 1. The fourth-order valence-electron chi connectivity index (χ4n) is 1.10. The van der Waals surface area contributed by atoms with Crippen molar-refractivity contribution in [3.63, 3.8) is 0 Å². The van der Waals surface area contributed by atoms with E-state index in [2.05, 4.69) is 15.5 Å². The third-order valence-electron chi connectivity index (χ3n) is 1.81. The number of hydrazone groups is 1. The molecule has 0 saturated heterocycles. The molecular formula is C10H9N3OS2. The molecule has 1 heterocycles. The van der Waals surface area contributed by atoms with E-state index >= 15 is 0 Å². The lowest BCUT2D eigenvalue weighted by Crippen LogP contribution is -1.88. The summed E-state index contributed by atoms with van der Waals surface area (Å²) in [6, 6.07) is 9.55. The predicted molar refractivity (Wildman–Crippen MR) is 68.8 cm³/mol. The second-order valence-corrected chi connectivity index (χ2v) is 4.68. The Morgan fingerprint density at radius 2 is 2.12 bits per heavy atom. The Labute approximate surface area is 101 Å². The van der Waals surface area contributed by atoms with E-state index in [0.717, 1.165) is 5.69 Å². The molecule has 0 aliphatic carbocycles. The fraction of sp³-hybridized carbons (Fsp3) is 0. The van der Waals surface area contributed by atoms with Crippen LogP contribution in [0.2, 0.25) is 0 Å². The number of aromatic amines is 1. The van der Waals surface area contributed by atoms with Gasteiger partial charge >= 0.3 is 0 Å². The summed E-state index contributed by atoms with van der Waals surface area (Å²) in [5, 5.41) is 13.4. The molecule has 4 nitrogen and oxygen atoms in total. The SMILES string of the molecule is Oc1[nH]c(=S)sc1C=NNc1ccccc1.